The Kier molecular flexibility index (Phi) is 5.32. The molecule has 1 atom stereocenters. The number of nitrogens with zero attached hydrogens (tertiary/aromatic N) is 1. The van der Waals surface area contributed by atoms with Crippen LogP contribution in [0.5, 0.6) is 0 Å². The van der Waals surface area contributed by atoms with Crippen LogP contribution in [0.4, 0.5) is 0 Å². The molecule has 2 rings (SSSR count). The lowest BCUT2D eigenvalue weighted by Gasteiger charge is -2.23. The van der Waals surface area contributed by atoms with Gasteiger partial charge in [-0.05, 0) is 62.6 Å². The van der Waals surface area contributed by atoms with Crippen LogP contribution in [-0.2, 0) is 0 Å². The van der Waals surface area contributed by atoms with Crippen LogP contribution in [0, 0.1) is 11.3 Å². The van der Waals surface area contributed by atoms with E-state index in [1.54, 1.807) is 0 Å². The van der Waals surface area contributed by atoms with Crippen LogP contribution in [0.15, 0.2) is 33.6 Å². The number of nitrogens with one attached hydrogen (secondary N) is 1. The van der Waals surface area contributed by atoms with Crippen LogP contribution in [-0.4, -0.2) is 17.3 Å². The molecule has 2 nitrogen and oxygen atoms in total. The van der Waals surface area contributed by atoms with Gasteiger partial charge < -0.3 is 0 Å². The van der Waals surface area contributed by atoms with E-state index in [0.29, 0.717) is 6.04 Å². The Morgan fingerprint density at radius 2 is 2.11 bits per heavy atom. The lowest BCUT2D eigenvalue weighted by molar-refractivity contribution is 0.412. The Labute approximate surface area is 128 Å². The van der Waals surface area contributed by atoms with Crippen LogP contribution in [0.3, 0.4) is 0 Å². The van der Waals surface area contributed by atoms with Crippen molar-refractivity contribution in [1.29, 1.82) is 5.26 Å². The maximum Gasteiger partial charge on any atom is 0.104 e. The zero-order chi connectivity index (χ0) is 13.7. The number of thioether (sulfide) groups is 1. The molecular weight excluding hydrogens is 320 g/mol. The van der Waals surface area contributed by atoms with Crippen molar-refractivity contribution in [1.82, 2.24) is 5.32 Å². The normalized spacial score (nSPS) is 17.7. The average molecular weight is 339 g/mol. The summed E-state index contributed by atoms with van der Waals surface area (Å²) in [6, 6.07) is 11.4. The van der Waals surface area contributed by atoms with Gasteiger partial charge in [0, 0.05) is 15.4 Å². The summed E-state index contributed by atoms with van der Waals surface area (Å²) in [5.41, 5.74) is -0.346. The highest BCUT2D eigenvalue weighted by Gasteiger charge is 2.31. The third-order valence-electron chi connectivity index (χ3n) is 3.25. The van der Waals surface area contributed by atoms with Gasteiger partial charge >= 0.3 is 0 Å². The average Bonchev–Trinajstić information content (AvgIpc) is 3.21. The summed E-state index contributed by atoms with van der Waals surface area (Å²) in [7, 11) is 0. The SMILES string of the molecule is CC(C#N)(CCCSc1ccc(Br)cc1)NC1CC1. The van der Waals surface area contributed by atoms with Crippen molar-refractivity contribution in [3.8, 4) is 6.07 Å². The van der Waals surface area contributed by atoms with Gasteiger partial charge in [-0.2, -0.15) is 5.26 Å². The molecule has 1 aliphatic rings. The van der Waals surface area contributed by atoms with Crippen LogP contribution >= 0.6 is 27.7 Å². The number of hydrogen-bond donors (Lipinski definition) is 1. The van der Waals surface area contributed by atoms with Crippen molar-refractivity contribution >= 4 is 27.7 Å². The molecular formula is C15H19BrN2S. The van der Waals surface area contributed by atoms with E-state index in [2.05, 4.69) is 51.6 Å². The summed E-state index contributed by atoms with van der Waals surface area (Å²) in [5.74, 6) is 1.06. The minimum atomic E-state index is -0.346. The minimum Gasteiger partial charge on any atom is -0.297 e. The number of hydrogen-bond acceptors (Lipinski definition) is 3. The maximum absolute atomic E-state index is 9.28. The topological polar surface area (TPSA) is 35.8 Å². The summed E-state index contributed by atoms with van der Waals surface area (Å²) in [6.07, 6.45) is 4.43. The van der Waals surface area contributed by atoms with Crippen molar-refractivity contribution in [2.45, 2.75) is 49.1 Å². The van der Waals surface area contributed by atoms with E-state index in [0.717, 1.165) is 23.1 Å². The molecule has 1 aliphatic carbocycles. The van der Waals surface area contributed by atoms with Crippen molar-refractivity contribution in [2.24, 2.45) is 0 Å². The highest BCUT2D eigenvalue weighted by Crippen LogP contribution is 2.26. The number of rotatable bonds is 7. The van der Waals surface area contributed by atoms with Gasteiger partial charge in [0.05, 0.1) is 6.07 Å². The zero-order valence-electron chi connectivity index (χ0n) is 11.2. The summed E-state index contributed by atoms with van der Waals surface area (Å²) < 4.78 is 1.11. The summed E-state index contributed by atoms with van der Waals surface area (Å²) in [4.78, 5) is 1.29. The molecule has 19 heavy (non-hydrogen) atoms. The Morgan fingerprint density at radius 1 is 1.42 bits per heavy atom. The number of benzene rings is 1. The second kappa shape index (κ2) is 6.78. The second-order valence-electron chi connectivity index (χ2n) is 5.27. The first-order valence-corrected chi connectivity index (χ1v) is 8.46. The molecule has 1 fully saturated rings. The highest BCUT2D eigenvalue weighted by atomic mass is 79.9. The van der Waals surface area contributed by atoms with Gasteiger partial charge in [-0.1, -0.05) is 15.9 Å². The number of nitriles is 1. The Morgan fingerprint density at radius 3 is 2.68 bits per heavy atom. The molecule has 0 radical (unpaired) electrons. The second-order valence-corrected chi connectivity index (χ2v) is 7.35. The predicted octanol–water partition coefficient (Wildman–Crippen LogP) is 4.36. The smallest absolute Gasteiger partial charge is 0.104 e. The lowest BCUT2D eigenvalue weighted by atomic mass is 9.98. The van der Waals surface area contributed by atoms with E-state index < -0.39 is 0 Å². The molecule has 0 spiro atoms. The molecule has 1 N–H and O–H groups in total. The first kappa shape index (κ1) is 14.9. The molecule has 0 aromatic heterocycles. The van der Waals surface area contributed by atoms with E-state index in [-0.39, 0.29) is 5.54 Å². The Hall–Kier alpha value is -0.500. The highest BCUT2D eigenvalue weighted by molar-refractivity contribution is 9.10. The van der Waals surface area contributed by atoms with Crippen LogP contribution in [0.1, 0.15) is 32.6 Å². The first-order chi connectivity index (χ1) is 9.11. The van der Waals surface area contributed by atoms with Gasteiger partial charge in [-0.15, -0.1) is 11.8 Å². The third kappa shape index (κ3) is 5.18. The number of halogens is 1. The van der Waals surface area contributed by atoms with Gasteiger partial charge in [0.2, 0.25) is 0 Å². The van der Waals surface area contributed by atoms with Crippen molar-refractivity contribution in [3.05, 3.63) is 28.7 Å². The molecule has 1 saturated carbocycles. The Balaban J connectivity index is 1.70. The molecule has 1 unspecified atom stereocenters. The Bertz CT molecular complexity index is 450. The van der Waals surface area contributed by atoms with Gasteiger partial charge in [0.25, 0.3) is 0 Å². The molecule has 0 amide bonds. The summed E-state index contributed by atoms with van der Waals surface area (Å²) in [5, 5.41) is 12.7. The fraction of sp³-hybridized carbons (Fsp3) is 0.533. The van der Waals surface area contributed by atoms with Gasteiger partial charge in [0.15, 0.2) is 0 Å². The predicted molar refractivity (Wildman–Crippen MR) is 84.3 cm³/mol. The largest absolute Gasteiger partial charge is 0.297 e. The fourth-order valence-corrected chi connectivity index (χ4v) is 3.10. The van der Waals surface area contributed by atoms with E-state index in [9.17, 15) is 5.26 Å². The molecule has 0 bridgehead atoms. The van der Waals surface area contributed by atoms with Crippen molar-refractivity contribution in [2.75, 3.05) is 5.75 Å². The first-order valence-electron chi connectivity index (χ1n) is 6.69. The monoisotopic (exact) mass is 338 g/mol. The van der Waals surface area contributed by atoms with E-state index in [1.165, 1.54) is 17.7 Å². The quantitative estimate of drug-likeness (QED) is 0.592. The molecule has 0 saturated heterocycles. The van der Waals surface area contributed by atoms with Crippen LogP contribution < -0.4 is 5.32 Å². The van der Waals surface area contributed by atoms with Gasteiger partial charge in [0.1, 0.15) is 5.54 Å². The molecule has 4 heteroatoms. The van der Waals surface area contributed by atoms with Gasteiger partial charge in [-0.25, -0.2) is 0 Å². The maximum atomic E-state index is 9.28. The third-order valence-corrected chi connectivity index (χ3v) is 4.88. The molecule has 0 aliphatic heterocycles. The van der Waals surface area contributed by atoms with E-state index in [4.69, 9.17) is 0 Å². The molecule has 102 valence electrons. The summed E-state index contributed by atoms with van der Waals surface area (Å²) in [6.45, 7) is 2.02. The van der Waals surface area contributed by atoms with Crippen LogP contribution in [0.25, 0.3) is 0 Å². The van der Waals surface area contributed by atoms with Crippen molar-refractivity contribution in [3.63, 3.8) is 0 Å². The molecule has 0 heterocycles. The minimum absolute atomic E-state index is 0.346. The van der Waals surface area contributed by atoms with Crippen molar-refractivity contribution < 1.29 is 0 Å². The summed E-state index contributed by atoms with van der Waals surface area (Å²) >= 11 is 5.29. The van der Waals surface area contributed by atoms with Crippen LogP contribution in [0.2, 0.25) is 0 Å². The molecule has 1 aromatic rings. The van der Waals surface area contributed by atoms with Gasteiger partial charge in [-0.3, -0.25) is 5.32 Å². The lowest BCUT2D eigenvalue weighted by Crippen LogP contribution is -2.42. The zero-order valence-corrected chi connectivity index (χ0v) is 13.6. The standard InChI is InChI=1S/C15H19BrN2S/c1-15(11-17,18-13-5-6-13)9-2-10-19-14-7-3-12(16)4-8-14/h3-4,7-8,13,18H,2,5-6,9-10H2,1H3. The molecule has 1 aromatic carbocycles. The van der Waals surface area contributed by atoms with E-state index >= 15 is 0 Å². The van der Waals surface area contributed by atoms with E-state index in [1.807, 2.05) is 18.7 Å². The fourth-order valence-electron chi connectivity index (χ4n) is 1.99.